The molecule has 0 aliphatic rings. The fraction of sp³-hybridized carbons (Fsp3) is 0. The molecule has 0 aliphatic heterocycles. The molecule has 0 spiro atoms. The van der Waals surface area contributed by atoms with Gasteiger partial charge in [0.15, 0.2) is 6.39 Å². The Labute approximate surface area is 53.5 Å². The first-order chi connectivity index (χ1) is 4.50. The Morgan fingerprint density at radius 3 is 2.89 bits per heavy atom. The van der Waals surface area contributed by atoms with Crippen LogP contribution in [0.25, 0.3) is 0 Å². The molecule has 0 fully saturated rings. The molecule has 0 aromatic carbocycles. The van der Waals surface area contributed by atoms with Gasteiger partial charge in [0.05, 0.1) is 6.26 Å². The van der Waals surface area contributed by atoms with Crippen LogP contribution in [0.1, 0.15) is 0 Å². The lowest BCUT2D eigenvalue weighted by atomic mass is 10.5. The third-order valence-corrected chi connectivity index (χ3v) is 0.784. The highest BCUT2D eigenvalue weighted by Gasteiger charge is 1.59. The Balaban J connectivity index is 3.04. The van der Waals surface area contributed by atoms with Gasteiger partial charge in [0.1, 0.15) is 0 Å². The Morgan fingerprint density at radius 1 is 1.00 bits per heavy atom. The van der Waals surface area contributed by atoms with Gasteiger partial charge in [-0.25, -0.2) is 4.98 Å². The second kappa shape index (κ2) is 3.66. The summed E-state index contributed by atoms with van der Waals surface area (Å²) in [6, 6.07) is 7.37. The lowest BCUT2D eigenvalue weighted by Crippen LogP contribution is -1.52. The van der Waals surface area contributed by atoms with Gasteiger partial charge in [0.2, 0.25) is 0 Å². The van der Waals surface area contributed by atoms with Crippen LogP contribution in [0.15, 0.2) is 47.5 Å². The molecule has 1 heterocycles. The summed E-state index contributed by atoms with van der Waals surface area (Å²) in [5.41, 5.74) is 0. The van der Waals surface area contributed by atoms with Crippen LogP contribution in [0, 0.1) is 0 Å². The van der Waals surface area contributed by atoms with Crippen molar-refractivity contribution in [2.45, 2.75) is 0 Å². The molecule has 2 nitrogen and oxygen atoms in total. The molecule has 0 saturated heterocycles. The summed E-state index contributed by atoms with van der Waals surface area (Å²) in [5, 5.41) is 0. The van der Waals surface area contributed by atoms with E-state index in [1.807, 2.05) is 18.2 Å². The molecule has 0 saturated carbocycles. The first-order valence-corrected chi connectivity index (χ1v) is 2.65. The molecule has 0 amide bonds. The lowest BCUT2D eigenvalue weighted by Gasteiger charge is -1.64. The molecule has 0 atom stereocenters. The molecular weight excluding hydrogens is 114 g/mol. The van der Waals surface area contributed by atoms with E-state index in [4.69, 9.17) is 4.42 Å². The van der Waals surface area contributed by atoms with Gasteiger partial charge in [-0.05, 0) is 12.1 Å². The second-order valence-corrected chi connectivity index (χ2v) is 1.45. The highest BCUT2D eigenvalue weighted by Crippen LogP contribution is 1.76. The summed E-state index contributed by atoms with van der Waals surface area (Å²) in [5.74, 6) is 0. The van der Waals surface area contributed by atoms with E-state index in [2.05, 4.69) is 4.98 Å². The first kappa shape index (κ1) is 5.82. The standard InChI is InChI=1S/C7H7NO/c1-2-4-6-9-7-8-5-3-1/h1-7H. The van der Waals surface area contributed by atoms with E-state index >= 15 is 0 Å². The summed E-state index contributed by atoms with van der Waals surface area (Å²) < 4.78 is 4.78. The average molecular weight is 121 g/mol. The number of hydrogen-bond donors (Lipinski definition) is 0. The zero-order valence-electron chi connectivity index (χ0n) is 4.90. The maximum Gasteiger partial charge on any atom is 0.180 e. The van der Waals surface area contributed by atoms with Gasteiger partial charge >= 0.3 is 0 Å². The van der Waals surface area contributed by atoms with E-state index < -0.39 is 0 Å². The van der Waals surface area contributed by atoms with E-state index in [1.54, 1.807) is 18.5 Å². The Bertz CT molecular complexity index is 131. The number of nitrogens with zero attached hydrogens (tertiary/aromatic N) is 1. The van der Waals surface area contributed by atoms with Crippen molar-refractivity contribution >= 4 is 0 Å². The smallest absolute Gasteiger partial charge is 0.180 e. The second-order valence-electron chi connectivity index (χ2n) is 1.45. The van der Waals surface area contributed by atoms with Crippen LogP contribution < -0.4 is 0 Å². The summed E-state index contributed by atoms with van der Waals surface area (Å²) in [6.07, 6.45) is 4.59. The monoisotopic (exact) mass is 121 g/mol. The van der Waals surface area contributed by atoms with Gasteiger partial charge in [-0.1, -0.05) is 12.1 Å². The Morgan fingerprint density at radius 2 is 1.89 bits per heavy atom. The van der Waals surface area contributed by atoms with Gasteiger partial charge in [-0.2, -0.15) is 0 Å². The molecule has 1 aromatic heterocycles. The number of hydrogen-bond acceptors (Lipinski definition) is 2. The third kappa shape index (κ3) is 2.49. The van der Waals surface area contributed by atoms with Crippen LogP contribution in [0.2, 0.25) is 0 Å². The number of rotatable bonds is 0. The Hall–Kier alpha value is -1.31. The molecule has 0 N–H and O–H groups in total. The molecule has 0 bridgehead atoms. The van der Waals surface area contributed by atoms with Crippen LogP contribution in [0.4, 0.5) is 0 Å². The van der Waals surface area contributed by atoms with Gasteiger partial charge in [0, 0.05) is 6.20 Å². The normalized spacial score (nSPS) is 8.00. The van der Waals surface area contributed by atoms with Crippen LogP contribution in [0.5, 0.6) is 0 Å². The van der Waals surface area contributed by atoms with Crippen molar-refractivity contribution in [3.05, 3.63) is 43.1 Å². The minimum atomic E-state index is 1.38. The number of aromatic nitrogens is 1. The van der Waals surface area contributed by atoms with Gasteiger partial charge in [0.25, 0.3) is 0 Å². The van der Waals surface area contributed by atoms with Crippen LogP contribution in [-0.2, 0) is 0 Å². The maximum absolute atomic E-state index is 4.78. The van der Waals surface area contributed by atoms with Gasteiger partial charge in [-0.3, -0.25) is 0 Å². The minimum Gasteiger partial charge on any atom is -0.453 e. The fourth-order valence-corrected chi connectivity index (χ4v) is 0.424. The molecule has 0 unspecified atom stereocenters. The molecule has 0 aliphatic carbocycles. The zero-order chi connectivity index (χ0) is 6.36. The summed E-state index contributed by atoms with van der Waals surface area (Å²) >= 11 is 0. The zero-order valence-corrected chi connectivity index (χ0v) is 4.90. The molecular formula is C7H7NO. The van der Waals surface area contributed by atoms with E-state index in [-0.39, 0.29) is 0 Å². The lowest BCUT2D eigenvalue weighted by molar-refractivity contribution is 0.535. The maximum atomic E-state index is 4.78. The van der Waals surface area contributed by atoms with E-state index in [1.165, 1.54) is 6.39 Å². The van der Waals surface area contributed by atoms with Crippen molar-refractivity contribution in [2.24, 2.45) is 0 Å². The van der Waals surface area contributed by atoms with Crippen LogP contribution in [0.3, 0.4) is 0 Å². The van der Waals surface area contributed by atoms with Crippen LogP contribution >= 0.6 is 0 Å². The van der Waals surface area contributed by atoms with Crippen molar-refractivity contribution in [2.75, 3.05) is 0 Å². The van der Waals surface area contributed by atoms with Crippen molar-refractivity contribution in [3.8, 4) is 0 Å². The average Bonchev–Trinajstić information content (AvgIpc) is 2.00. The summed E-state index contributed by atoms with van der Waals surface area (Å²) in [6.45, 7) is 0. The van der Waals surface area contributed by atoms with Crippen LogP contribution in [-0.4, -0.2) is 4.98 Å². The van der Waals surface area contributed by atoms with Crippen molar-refractivity contribution < 1.29 is 4.42 Å². The highest BCUT2D eigenvalue weighted by molar-refractivity contribution is 4.87. The topological polar surface area (TPSA) is 26.0 Å². The van der Waals surface area contributed by atoms with E-state index in [0.717, 1.165) is 0 Å². The van der Waals surface area contributed by atoms with Crippen molar-refractivity contribution in [1.82, 2.24) is 4.98 Å². The summed E-state index contributed by atoms with van der Waals surface area (Å²) in [7, 11) is 0. The largest absolute Gasteiger partial charge is 0.453 e. The SMILES string of the molecule is c1cccocncc1. The quantitative estimate of drug-likeness (QED) is 0.523. The molecule has 1 rings (SSSR count). The first-order valence-electron chi connectivity index (χ1n) is 2.65. The molecule has 2 heteroatoms. The van der Waals surface area contributed by atoms with Crippen molar-refractivity contribution in [3.63, 3.8) is 0 Å². The molecule has 9 heavy (non-hydrogen) atoms. The summed E-state index contributed by atoms with van der Waals surface area (Å²) in [4.78, 5) is 3.76. The molecule has 0 radical (unpaired) electrons. The fourth-order valence-electron chi connectivity index (χ4n) is 0.424. The minimum absolute atomic E-state index is 1.38. The van der Waals surface area contributed by atoms with Gasteiger partial charge in [-0.15, -0.1) is 0 Å². The molecule has 1 aromatic rings. The predicted octanol–water partition coefficient (Wildman–Crippen LogP) is 1.80. The Kier molecular flexibility index (Phi) is 2.37. The van der Waals surface area contributed by atoms with E-state index in [9.17, 15) is 0 Å². The molecule has 46 valence electrons. The highest BCUT2D eigenvalue weighted by atomic mass is 16.3. The van der Waals surface area contributed by atoms with Gasteiger partial charge < -0.3 is 4.42 Å². The van der Waals surface area contributed by atoms with Crippen molar-refractivity contribution in [1.29, 1.82) is 0 Å². The van der Waals surface area contributed by atoms with E-state index in [0.29, 0.717) is 0 Å². The predicted molar refractivity (Wildman–Crippen MR) is 34.1 cm³/mol. The third-order valence-electron chi connectivity index (χ3n) is 0.784.